The summed E-state index contributed by atoms with van der Waals surface area (Å²) in [7, 11) is 11.8. The Morgan fingerprint density at radius 1 is 0.850 bits per heavy atom. The van der Waals surface area contributed by atoms with Crippen molar-refractivity contribution in [3.63, 3.8) is 0 Å². The Hall–Kier alpha value is -0.940. The maximum Gasteiger partial charge on any atom is 0.151 e. The van der Waals surface area contributed by atoms with Crippen LogP contribution in [-0.4, -0.2) is 12.6 Å². The minimum atomic E-state index is -2.32. The maximum atomic E-state index is 11.1. The van der Waals surface area contributed by atoms with Gasteiger partial charge in [0.2, 0.25) is 0 Å². The van der Waals surface area contributed by atoms with Gasteiger partial charge in [-0.2, -0.15) is 0 Å². The summed E-state index contributed by atoms with van der Waals surface area (Å²) in [4.78, 5) is 23.4. The van der Waals surface area contributed by atoms with Crippen molar-refractivity contribution in [2.75, 3.05) is 0 Å². The van der Waals surface area contributed by atoms with Gasteiger partial charge in [-0.15, -0.1) is 0 Å². The predicted molar refractivity (Wildman–Crippen MR) is 87.1 cm³/mol. The summed E-state index contributed by atoms with van der Waals surface area (Å²) in [5.74, 6) is 0. The molecule has 6 heteroatoms. The fourth-order valence-corrected chi connectivity index (χ4v) is 6.82. The molecule has 2 aromatic rings. The lowest BCUT2D eigenvalue weighted by molar-refractivity contribution is 0.111. The molecule has 2 nitrogen and oxygen atoms in total. The van der Waals surface area contributed by atoms with Crippen LogP contribution >= 0.6 is 39.6 Å². The summed E-state index contributed by atoms with van der Waals surface area (Å²) in [6, 6.07) is 14.0. The second-order valence-electron chi connectivity index (χ2n) is 3.82. The number of hydrogen-bond acceptors (Lipinski definition) is 3. The van der Waals surface area contributed by atoms with E-state index in [4.69, 9.17) is 21.4 Å². The van der Waals surface area contributed by atoms with Crippen molar-refractivity contribution < 1.29 is 9.59 Å². The fraction of sp³-hybridized carbons (Fsp3) is 0. The average Bonchev–Trinajstić information content (AvgIpc) is 2.47. The van der Waals surface area contributed by atoms with Crippen LogP contribution in [0.15, 0.2) is 58.3 Å². The van der Waals surface area contributed by atoms with E-state index in [1.54, 1.807) is 42.5 Å². The average molecular weight is 345 g/mol. The summed E-state index contributed by atoms with van der Waals surface area (Å²) in [6.45, 7) is 0. The summed E-state index contributed by atoms with van der Waals surface area (Å²) in [6.07, 6.45) is 1.49. The third-order valence-electron chi connectivity index (χ3n) is 2.54. The number of carbonyl (C=O) groups excluding carboxylic acids is 2. The van der Waals surface area contributed by atoms with Crippen molar-refractivity contribution in [2.24, 2.45) is 0 Å². The Bertz CT molecular complexity index is 645. The van der Waals surface area contributed by atoms with Crippen LogP contribution in [-0.2, 0) is 0 Å². The van der Waals surface area contributed by atoms with E-state index < -0.39 is 7.49 Å². The van der Waals surface area contributed by atoms with Gasteiger partial charge >= 0.3 is 0 Å². The van der Waals surface area contributed by atoms with Gasteiger partial charge in [-0.1, -0.05) is 36.4 Å². The first kappa shape index (κ1) is 15.4. The van der Waals surface area contributed by atoms with Gasteiger partial charge < -0.3 is 0 Å². The number of aldehydes is 2. The van der Waals surface area contributed by atoms with Gasteiger partial charge in [0.05, 0.1) is 0 Å². The molecule has 0 N–H and O–H groups in total. The minimum absolute atomic E-state index is 0.462. The molecule has 0 aliphatic heterocycles. The first-order valence-electron chi connectivity index (χ1n) is 5.59. The van der Waals surface area contributed by atoms with Crippen LogP contribution in [0.3, 0.4) is 0 Å². The molecule has 0 aromatic heterocycles. The van der Waals surface area contributed by atoms with Crippen LogP contribution in [0.4, 0.5) is 0 Å². The zero-order chi connectivity index (χ0) is 14.6. The zero-order valence-electron chi connectivity index (χ0n) is 10.2. The second kappa shape index (κ2) is 6.68. The monoisotopic (exact) mass is 344 g/mol. The molecule has 0 aliphatic carbocycles. The number of halogens is 2. The van der Waals surface area contributed by atoms with Crippen LogP contribution in [0, 0.1) is 0 Å². The Balaban J connectivity index is 2.40. The highest BCUT2D eigenvalue weighted by molar-refractivity contribution is 9.11. The molecule has 0 unspecified atom stereocenters. The van der Waals surface area contributed by atoms with Crippen LogP contribution < -0.4 is 0 Å². The SMILES string of the molecule is O=Cc1ccccc1SS(Cl)(Cl)c1ccccc1C=O. The number of hydrogen-bond donors (Lipinski definition) is 0. The van der Waals surface area contributed by atoms with Crippen molar-refractivity contribution in [3.05, 3.63) is 59.7 Å². The van der Waals surface area contributed by atoms with E-state index in [0.717, 1.165) is 12.6 Å². The van der Waals surface area contributed by atoms with Crippen molar-refractivity contribution in [1.82, 2.24) is 0 Å². The maximum absolute atomic E-state index is 11.1. The second-order valence-corrected chi connectivity index (χ2v) is 12.1. The van der Waals surface area contributed by atoms with Gasteiger partial charge in [-0.25, -0.2) is 0 Å². The van der Waals surface area contributed by atoms with Crippen molar-refractivity contribution in [1.29, 1.82) is 0 Å². The highest BCUT2D eigenvalue weighted by Crippen LogP contribution is 2.76. The summed E-state index contributed by atoms with van der Waals surface area (Å²) in [5, 5.41) is 0. The third kappa shape index (κ3) is 3.38. The van der Waals surface area contributed by atoms with Gasteiger partial charge in [0.25, 0.3) is 0 Å². The van der Waals surface area contributed by atoms with Gasteiger partial charge in [0.1, 0.15) is 0 Å². The van der Waals surface area contributed by atoms with Gasteiger partial charge in [-0.3, -0.25) is 9.59 Å². The Morgan fingerprint density at radius 3 is 2.05 bits per heavy atom. The topological polar surface area (TPSA) is 34.1 Å². The molecule has 0 saturated heterocycles. The molecule has 0 fully saturated rings. The van der Waals surface area contributed by atoms with E-state index in [-0.39, 0.29) is 0 Å². The van der Waals surface area contributed by atoms with E-state index in [1.165, 1.54) is 10.8 Å². The third-order valence-corrected chi connectivity index (χ3v) is 8.02. The highest BCUT2D eigenvalue weighted by Gasteiger charge is 2.26. The molecule has 0 amide bonds. The summed E-state index contributed by atoms with van der Waals surface area (Å²) in [5.41, 5.74) is 0.989. The van der Waals surface area contributed by atoms with E-state index in [0.29, 0.717) is 20.9 Å². The molecular weight excluding hydrogens is 335 g/mol. The van der Waals surface area contributed by atoms with E-state index in [9.17, 15) is 9.59 Å². The van der Waals surface area contributed by atoms with Crippen LogP contribution in [0.5, 0.6) is 0 Å². The molecular formula is C14H10Cl2O2S2. The lowest BCUT2D eigenvalue weighted by Gasteiger charge is -2.25. The van der Waals surface area contributed by atoms with E-state index in [1.807, 2.05) is 6.07 Å². The van der Waals surface area contributed by atoms with E-state index >= 15 is 0 Å². The standard InChI is InChI=1S/C14H10Cl2O2S2/c15-20(16,14-8-4-2-6-12(14)10-18)19-13-7-3-1-5-11(13)9-17/h1-10H. The molecule has 2 aromatic carbocycles. The smallest absolute Gasteiger partial charge is 0.151 e. The number of rotatable bonds is 5. The normalized spacial score (nSPS) is 11.9. The Kier molecular flexibility index (Phi) is 5.16. The first-order chi connectivity index (χ1) is 9.58. The Morgan fingerprint density at radius 2 is 1.40 bits per heavy atom. The lowest BCUT2D eigenvalue weighted by Crippen LogP contribution is -1.91. The number of benzene rings is 2. The number of carbonyl (C=O) groups is 2. The first-order valence-corrected chi connectivity index (χ1v) is 10.2. The highest BCUT2D eigenvalue weighted by atomic mass is 36.0. The zero-order valence-corrected chi connectivity index (χ0v) is 13.3. The molecule has 20 heavy (non-hydrogen) atoms. The predicted octanol–water partition coefficient (Wildman–Crippen LogP) is 5.49. The van der Waals surface area contributed by atoms with Crippen LogP contribution in [0.25, 0.3) is 0 Å². The van der Waals surface area contributed by atoms with Gasteiger partial charge in [0, 0.05) is 20.9 Å². The molecule has 0 heterocycles. The quantitative estimate of drug-likeness (QED) is 0.531. The van der Waals surface area contributed by atoms with Crippen molar-refractivity contribution in [2.45, 2.75) is 9.79 Å². The molecule has 0 atom stereocenters. The van der Waals surface area contributed by atoms with Crippen molar-refractivity contribution in [3.8, 4) is 0 Å². The van der Waals surface area contributed by atoms with Crippen LogP contribution in [0.1, 0.15) is 20.7 Å². The van der Waals surface area contributed by atoms with E-state index in [2.05, 4.69) is 0 Å². The molecule has 2 rings (SSSR count). The molecule has 0 radical (unpaired) electrons. The Labute approximate surface area is 131 Å². The minimum Gasteiger partial charge on any atom is -0.298 e. The molecule has 0 aliphatic rings. The van der Waals surface area contributed by atoms with Crippen LogP contribution in [0.2, 0.25) is 0 Å². The molecule has 0 saturated carbocycles. The largest absolute Gasteiger partial charge is 0.298 e. The fourth-order valence-electron chi connectivity index (χ4n) is 1.61. The van der Waals surface area contributed by atoms with Gasteiger partial charge in [-0.05, 0) is 51.8 Å². The lowest BCUT2D eigenvalue weighted by atomic mass is 10.2. The van der Waals surface area contributed by atoms with Crippen molar-refractivity contribution >= 4 is 52.2 Å². The summed E-state index contributed by atoms with van der Waals surface area (Å²) < 4.78 is 0. The summed E-state index contributed by atoms with van der Waals surface area (Å²) >= 11 is 0. The molecule has 0 bridgehead atoms. The molecule has 0 spiro atoms. The van der Waals surface area contributed by atoms with Gasteiger partial charge in [0.15, 0.2) is 12.6 Å². The molecule has 104 valence electrons.